The molecule has 4 nitrogen and oxygen atoms in total. The minimum absolute atomic E-state index is 0. The first-order valence-corrected chi connectivity index (χ1v) is 3.68. The minimum Gasteiger partial charge on any atom is 0 e. The van der Waals surface area contributed by atoms with Gasteiger partial charge in [-0.3, -0.25) is 0 Å². The van der Waals surface area contributed by atoms with Gasteiger partial charge in [-0.05, 0) is 12.0 Å². The molecule has 0 radical (unpaired) electrons. The fourth-order valence-corrected chi connectivity index (χ4v) is 0.729. The summed E-state index contributed by atoms with van der Waals surface area (Å²) in [6.07, 6.45) is 10.9. The minimum atomic E-state index is 0. The number of aliphatic hydroxyl groups is 1. The van der Waals surface area contributed by atoms with Crippen LogP contribution >= 0.6 is 0 Å². The molecular formula is C11H10CrO4. The van der Waals surface area contributed by atoms with Gasteiger partial charge in [-0.15, -0.1) is 0 Å². The summed E-state index contributed by atoms with van der Waals surface area (Å²) < 4.78 is 22.5. The van der Waals surface area contributed by atoms with Gasteiger partial charge in [-0.1, -0.05) is 30.4 Å². The monoisotopic (exact) mass is 258 g/mol. The van der Waals surface area contributed by atoms with Gasteiger partial charge < -0.3 is 5.11 Å². The van der Waals surface area contributed by atoms with Crippen molar-refractivity contribution in [3.05, 3.63) is 55.9 Å². The molecule has 0 unspecified atom stereocenters. The Morgan fingerprint density at radius 3 is 2.00 bits per heavy atom. The van der Waals surface area contributed by atoms with Crippen LogP contribution in [-0.4, -0.2) is 11.7 Å². The second kappa shape index (κ2) is 29.2. The van der Waals surface area contributed by atoms with Crippen molar-refractivity contribution >= 4 is 0 Å². The van der Waals surface area contributed by atoms with Crippen molar-refractivity contribution in [2.24, 2.45) is 0 Å². The Labute approximate surface area is 106 Å². The van der Waals surface area contributed by atoms with Gasteiger partial charge >= 0.3 is 33.9 Å². The van der Waals surface area contributed by atoms with E-state index in [1.54, 1.807) is 0 Å². The van der Waals surface area contributed by atoms with E-state index in [0.29, 0.717) is 0 Å². The molecule has 84 valence electrons. The van der Waals surface area contributed by atoms with Crippen LogP contribution in [0.2, 0.25) is 0 Å². The SMILES string of the molecule is OCC1=CC=CCC=C1.[C-]#[O+].[C-]#[O+].[C-]#[O+].[Cr]. The van der Waals surface area contributed by atoms with Gasteiger partial charge in [0.25, 0.3) is 0 Å². The van der Waals surface area contributed by atoms with Gasteiger partial charge in [0.1, 0.15) is 0 Å². The molecule has 1 rings (SSSR count). The third kappa shape index (κ3) is 18.7. The molecule has 0 spiro atoms. The van der Waals surface area contributed by atoms with Gasteiger partial charge in [0.15, 0.2) is 0 Å². The second-order valence-electron chi connectivity index (χ2n) is 1.97. The van der Waals surface area contributed by atoms with E-state index in [0.717, 1.165) is 12.0 Å². The molecule has 0 aromatic rings. The van der Waals surface area contributed by atoms with Crippen molar-refractivity contribution in [2.75, 3.05) is 6.61 Å². The number of hydrogen-bond donors (Lipinski definition) is 1. The quantitative estimate of drug-likeness (QED) is 0.558. The number of aliphatic hydroxyl groups excluding tert-OH is 1. The number of rotatable bonds is 1. The zero-order valence-corrected chi connectivity index (χ0v) is 9.66. The molecule has 1 aliphatic carbocycles. The second-order valence-corrected chi connectivity index (χ2v) is 1.97. The average Bonchev–Trinajstić information content (AvgIpc) is 2.65. The van der Waals surface area contributed by atoms with E-state index in [9.17, 15) is 0 Å². The van der Waals surface area contributed by atoms with Gasteiger partial charge in [0.2, 0.25) is 0 Å². The molecule has 0 heterocycles. The van der Waals surface area contributed by atoms with E-state index in [4.69, 9.17) is 19.1 Å². The maximum absolute atomic E-state index is 8.66. The van der Waals surface area contributed by atoms with Crippen LogP contribution in [0.15, 0.2) is 36.0 Å². The summed E-state index contributed by atoms with van der Waals surface area (Å²) in [4.78, 5) is 0. The summed E-state index contributed by atoms with van der Waals surface area (Å²) in [6, 6.07) is 0. The standard InChI is InChI=1S/C8H10O.3CO.Cr/c9-7-8-5-3-1-2-4-6-8;3*1-2;/h1,3-6,9H,2,7H2;;;;. The normalized spacial score (nSPS) is 10.1. The third-order valence-electron chi connectivity index (χ3n) is 1.23. The van der Waals surface area contributed by atoms with Crippen LogP contribution in [0.1, 0.15) is 6.42 Å². The number of hydrogen-bond acceptors (Lipinski definition) is 1. The smallest absolute Gasteiger partial charge is 0 e. The van der Waals surface area contributed by atoms with Gasteiger partial charge in [0, 0.05) is 17.4 Å². The van der Waals surface area contributed by atoms with Gasteiger partial charge in [-0.2, -0.15) is 0 Å². The van der Waals surface area contributed by atoms with E-state index >= 15 is 0 Å². The number of allylic oxidation sites excluding steroid dienone is 4. The van der Waals surface area contributed by atoms with Crippen LogP contribution in [-0.2, 0) is 31.3 Å². The molecule has 0 amide bonds. The summed E-state index contributed by atoms with van der Waals surface area (Å²) >= 11 is 0. The largest absolute Gasteiger partial charge is 0 e. The summed E-state index contributed by atoms with van der Waals surface area (Å²) in [5.74, 6) is 0. The first kappa shape index (κ1) is 24.3. The van der Waals surface area contributed by atoms with Crippen molar-refractivity contribution in [3.8, 4) is 0 Å². The fraction of sp³-hybridized carbons (Fsp3) is 0.182. The Kier molecular flexibility index (Phi) is 44.3. The summed E-state index contributed by atoms with van der Waals surface area (Å²) in [7, 11) is 0. The molecular weight excluding hydrogens is 248 g/mol. The Bertz CT molecular complexity index is 257. The zero-order valence-electron chi connectivity index (χ0n) is 8.38. The fourth-order valence-electron chi connectivity index (χ4n) is 0.729. The molecule has 0 aromatic heterocycles. The molecule has 1 aliphatic rings. The topological polar surface area (TPSA) is 79.9 Å². The molecule has 5 heteroatoms. The summed E-state index contributed by atoms with van der Waals surface area (Å²) in [5, 5.41) is 8.66. The van der Waals surface area contributed by atoms with E-state index < -0.39 is 0 Å². The zero-order chi connectivity index (χ0) is 12.5. The van der Waals surface area contributed by atoms with Crippen LogP contribution in [0.3, 0.4) is 0 Å². The maximum atomic E-state index is 8.66. The Balaban J connectivity index is -0.0000000900. The van der Waals surface area contributed by atoms with Crippen molar-refractivity contribution < 1.29 is 36.4 Å². The first-order chi connectivity index (χ1) is 7.43. The van der Waals surface area contributed by atoms with Crippen LogP contribution in [0, 0.1) is 20.0 Å². The van der Waals surface area contributed by atoms with E-state index in [1.807, 2.05) is 24.3 Å². The molecule has 16 heavy (non-hydrogen) atoms. The summed E-state index contributed by atoms with van der Waals surface area (Å²) in [6.45, 7) is 13.6. The molecule has 0 saturated carbocycles. The van der Waals surface area contributed by atoms with Gasteiger partial charge in [0.05, 0.1) is 6.61 Å². The molecule has 0 bridgehead atoms. The van der Waals surface area contributed by atoms with Crippen LogP contribution in [0.5, 0.6) is 0 Å². The van der Waals surface area contributed by atoms with Crippen molar-refractivity contribution in [2.45, 2.75) is 6.42 Å². The van der Waals surface area contributed by atoms with E-state index in [1.165, 1.54) is 0 Å². The molecule has 0 aromatic carbocycles. The molecule has 0 fully saturated rings. The molecule has 0 atom stereocenters. The van der Waals surface area contributed by atoms with Crippen molar-refractivity contribution in [3.63, 3.8) is 0 Å². The van der Waals surface area contributed by atoms with E-state index in [-0.39, 0.29) is 24.0 Å². The predicted octanol–water partition coefficient (Wildman–Crippen LogP) is 1.31. The van der Waals surface area contributed by atoms with Crippen LogP contribution in [0.25, 0.3) is 0 Å². The van der Waals surface area contributed by atoms with Crippen LogP contribution < -0.4 is 0 Å². The van der Waals surface area contributed by atoms with Gasteiger partial charge in [-0.25, -0.2) is 0 Å². The third-order valence-corrected chi connectivity index (χ3v) is 1.23. The Hall–Kier alpha value is -1.07. The predicted molar refractivity (Wildman–Crippen MR) is 49.9 cm³/mol. The average molecular weight is 258 g/mol. The Morgan fingerprint density at radius 1 is 1.06 bits per heavy atom. The van der Waals surface area contributed by atoms with Crippen LogP contribution in [0.4, 0.5) is 0 Å². The van der Waals surface area contributed by atoms with E-state index in [2.05, 4.69) is 26.0 Å². The van der Waals surface area contributed by atoms with Crippen molar-refractivity contribution in [1.29, 1.82) is 0 Å². The summed E-state index contributed by atoms with van der Waals surface area (Å²) in [5.41, 5.74) is 0.976. The Morgan fingerprint density at radius 2 is 1.56 bits per heavy atom. The molecule has 0 saturated heterocycles. The molecule has 1 N–H and O–H groups in total. The first-order valence-electron chi connectivity index (χ1n) is 3.68. The maximum Gasteiger partial charge on any atom is 0 e. The van der Waals surface area contributed by atoms with Crippen molar-refractivity contribution in [1.82, 2.24) is 0 Å². The molecule has 0 aliphatic heterocycles.